The summed E-state index contributed by atoms with van der Waals surface area (Å²) in [5, 5.41) is 3.12. The Balaban J connectivity index is 1.74. The first-order chi connectivity index (χ1) is 6.77. The Labute approximate surface area is 86.2 Å². The summed E-state index contributed by atoms with van der Waals surface area (Å²) >= 11 is 0. The van der Waals surface area contributed by atoms with E-state index in [0.29, 0.717) is 11.4 Å². The van der Waals surface area contributed by atoms with Gasteiger partial charge in [0, 0.05) is 13.1 Å². The molecular formula is C11H21N3. The van der Waals surface area contributed by atoms with E-state index in [0.717, 1.165) is 25.4 Å². The van der Waals surface area contributed by atoms with Gasteiger partial charge in [0.05, 0.1) is 0 Å². The van der Waals surface area contributed by atoms with Crippen molar-refractivity contribution >= 4 is 5.96 Å². The molecule has 80 valence electrons. The highest BCUT2D eigenvalue weighted by molar-refractivity contribution is 5.77. The van der Waals surface area contributed by atoms with Crippen LogP contribution in [0.15, 0.2) is 4.99 Å². The van der Waals surface area contributed by atoms with Gasteiger partial charge in [-0.05, 0) is 43.4 Å². The van der Waals surface area contributed by atoms with Crippen LogP contribution in [0.1, 0.15) is 39.0 Å². The van der Waals surface area contributed by atoms with E-state index in [1.165, 1.54) is 25.7 Å². The number of hydrogen-bond donors (Lipinski definition) is 2. The first kappa shape index (κ1) is 9.81. The summed E-state index contributed by atoms with van der Waals surface area (Å²) in [5.41, 5.74) is 6.34. The third kappa shape index (κ3) is 2.20. The molecule has 2 rings (SSSR count). The highest BCUT2D eigenvalue weighted by Gasteiger charge is 2.53. The van der Waals surface area contributed by atoms with Crippen LogP contribution in [-0.4, -0.2) is 19.0 Å². The molecule has 0 bridgehead atoms. The number of nitrogens with two attached hydrogens (primary N) is 1. The van der Waals surface area contributed by atoms with Crippen LogP contribution < -0.4 is 11.1 Å². The fourth-order valence-corrected chi connectivity index (χ4v) is 2.10. The van der Waals surface area contributed by atoms with E-state index in [1.54, 1.807) is 0 Å². The molecule has 0 heterocycles. The highest BCUT2D eigenvalue weighted by atomic mass is 15.1. The van der Waals surface area contributed by atoms with E-state index in [2.05, 4.69) is 17.2 Å². The molecular weight excluding hydrogens is 174 g/mol. The smallest absolute Gasteiger partial charge is 0.188 e. The summed E-state index contributed by atoms with van der Waals surface area (Å²) in [6, 6.07) is 0. The van der Waals surface area contributed by atoms with Gasteiger partial charge in [-0.1, -0.05) is 6.92 Å². The van der Waals surface area contributed by atoms with Gasteiger partial charge in [0.2, 0.25) is 0 Å². The van der Waals surface area contributed by atoms with Crippen molar-refractivity contribution in [1.82, 2.24) is 5.32 Å². The monoisotopic (exact) mass is 195 g/mol. The minimum Gasteiger partial charge on any atom is -0.370 e. The standard InChI is InChI=1S/C11H21N3/c1-2-7-13-10(12)14-8-11(5-6-11)9-3-4-9/h9H,2-8H2,1H3,(H3,12,13,14). The van der Waals surface area contributed by atoms with Gasteiger partial charge in [0.1, 0.15) is 0 Å². The molecule has 3 heteroatoms. The number of nitrogens with one attached hydrogen (secondary N) is 1. The van der Waals surface area contributed by atoms with Crippen molar-refractivity contribution in [3.63, 3.8) is 0 Å². The molecule has 0 atom stereocenters. The van der Waals surface area contributed by atoms with Crippen LogP contribution in [0.2, 0.25) is 0 Å². The maximum absolute atomic E-state index is 5.75. The summed E-state index contributed by atoms with van der Waals surface area (Å²) in [4.78, 5) is 4.44. The van der Waals surface area contributed by atoms with Gasteiger partial charge in [-0.2, -0.15) is 0 Å². The third-order valence-corrected chi connectivity index (χ3v) is 3.46. The third-order valence-electron chi connectivity index (χ3n) is 3.46. The van der Waals surface area contributed by atoms with Gasteiger partial charge in [-0.3, -0.25) is 4.99 Å². The predicted octanol–water partition coefficient (Wildman–Crippen LogP) is 1.49. The fraction of sp³-hybridized carbons (Fsp3) is 0.909. The maximum Gasteiger partial charge on any atom is 0.188 e. The zero-order chi connectivity index (χ0) is 10.0. The van der Waals surface area contributed by atoms with Gasteiger partial charge >= 0.3 is 0 Å². The number of guanidine groups is 1. The Hall–Kier alpha value is -0.730. The first-order valence-electron chi connectivity index (χ1n) is 5.81. The summed E-state index contributed by atoms with van der Waals surface area (Å²) in [6.45, 7) is 4.03. The predicted molar refractivity (Wildman–Crippen MR) is 59.2 cm³/mol. The van der Waals surface area contributed by atoms with Gasteiger partial charge in [0.25, 0.3) is 0 Å². The second-order valence-corrected chi connectivity index (χ2v) is 4.76. The van der Waals surface area contributed by atoms with Crippen molar-refractivity contribution in [2.45, 2.75) is 39.0 Å². The van der Waals surface area contributed by atoms with Crippen molar-refractivity contribution in [1.29, 1.82) is 0 Å². The van der Waals surface area contributed by atoms with Crippen LogP contribution in [0.3, 0.4) is 0 Å². The van der Waals surface area contributed by atoms with E-state index < -0.39 is 0 Å². The maximum atomic E-state index is 5.75. The minimum absolute atomic E-state index is 0.582. The Kier molecular flexibility index (Phi) is 2.66. The van der Waals surface area contributed by atoms with E-state index in [1.807, 2.05) is 0 Å². The molecule has 3 nitrogen and oxygen atoms in total. The molecule has 0 unspecified atom stereocenters. The lowest BCUT2D eigenvalue weighted by Crippen LogP contribution is -2.33. The number of rotatable bonds is 5. The van der Waals surface area contributed by atoms with Gasteiger partial charge in [-0.15, -0.1) is 0 Å². The second-order valence-electron chi connectivity index (χ2n) is 4.76. The lowest BCUT2D eigenvalue weighted by atomic mass is 10.0. The Morgan fingerprint density at radius 3 is 2.71 bits per heavy atom. The molecule has 2 fully saturated rings. The van der Waals surface area contributed by atoms with Crippen LogP contribution in [0.5, 0.6) is 0 Å². The van der Waals surface area contributed by atoms with Crippen molar-refractivity contribution in [3.05, 3.63) is 0 Å². The van der Waals surface area contributed by atoms with Crippen molar-refractivity contribution in [2.24, 2.45) is 22.1 Å². The van der Waals surface area contributed by atoms with E-state index in [4.69, 9.17) is 5.73 Å². The number of aliphatic imine (C=N–C) groups is 1. The average molecular weight is 195 g/mol. The van der Waals surface area contributed by atoms with E-state index >= 15 is 0 Å². The van der Waals surface area contributed by atoms with Crippen LogP contribution in [-0.2, 0) is 0 Å². The quantitative estimate of drug-likeness (QED) is 0.516. The Morgan fingerprint density at radius 2 is 2.21 bits per heavy atom. The van der Waals surface area contributed by atoms with Gasteiger partial charge in [-0.25, -0.2) is 0 Å². The molecule has 0 aliphatic heterocycles. The number of nitrogens with zero attached hydrogens (tertiary/aromatic N) is 1. The molecule has 0 aromatic heterocycles. The summed E-state index contributed by atoms with van der Waals surface area (Å²) in [5.74, 6) is 1.61. The van der Waals surface area contributed by atoms with Crippen molar-refractivity contribution in [2.75, 3.05) is 13.1 Å². The normalized spacial score (nSPS) is 24.8. The first-order valence-corrected chi connectivity index (χ1v) is 5.81. The van der Waals surface area contributed by atoms with Crippen molar-refractivity contribution in [3.8, 4) is 0 Å². The molecule has 3 N–H and O–H groups in total. The van der Waals surface area contributed by atoms with Gasteiger partial charge in [0.15, 0.2) is 5.96 Å². The molecule has 0 spiro atoms. The summed E-state index contributed by atoms with van der Waals surface area (Å²) in [6.07, 6.45) is 6.71. The Morgan fingerprint density at radius 1 is 1.50 bits per heavy atom. The SMILES string of the molecule is CCCNC(N)=NCC1(C2CC2)CC1. The van der Waals surface area contributed by atoms with Crippen LogP contribution in [0.25, 0.3) is 0 Å². The van der Waals surface area contributed by atoms with Gasteiger partial charge < -0.3 is 11.1 Å². The summed E-state index contributed by atoms with van der Waals surface area (Å²) in [7, 11) is 0. The highest BCUT2D eigenvalue weighted by Crippen LogP contribution is 2.61. The number of hydrogen-bond acceptors (Lipinski definition) is 1. The topological polar surface area (TPSA) is 50.4 Å². The van der Waals surface area contributed by atoms with Crippen molar-refractivity contribution < 1.29 is 0 Å². The van der Waals surface area contributed by atoms with E-state index in [-0.39, 0.29) is 0 Å². The second kappa shape index (κ2) is 3.79. The van der Waals surface area contributed by atoms with Crippen LogP contribution in [0.4, 0.5) is 0 Å². The van der Waals surface area contributed by atoms with Crippen LogP contribution >= 0.6 is 0 Å². The molecule has 0 saturated heterocycles. The molecule has 14 heavy (non-hydrogen) atoms. The molecule has 2 aliphatic carbocycles. The molecule has 0 radical (unpaired) electrons. The van der Waals surface area contributed by atoms with E-state index in [9.17, 15) is 0 Å². The fourth-order valence-electron chi connectivity index (χ4n) is 2.10. The zero-order valence-electron chi connectivity index (χ0n) is 9.05. The molecule has 0 aromatic carbocycles. The lowest BCUT2D eigenvalue weighted by molar-refractivity contribution is 0.453. The molecule has 0 aromatic rings. The summed E-state index contributed by atoms with van der Waals surface area (Å²) < 4.78 is 0. The largest absolute Gasteiger partial charge is 0.370 e. The molecule has 2 saturated carbocycles. The Bertz CT molecular complexity index is 227. The lowest BCUT2D eigenvalue weighted by Gasteiger charge is -2.11. The average Bonchev–Trinajstić information content (AvgIpc) is 3.03. The van der Waals surface area contributed by atoms with Crippen LogP contribution in [0, 0.1) is 11.3 Å². The zero-order valence-corrected chi connectivity index (χ0v) is 9.05. The molecule has 0 amide bonds. The minimum atomic E-state index is 0.582. The molecule has 2 aliphatic rings.